The van der Waals surface area contributed by atoms with Gasteiger partial charge in [0, 0.05) is 36.0 Å². The second-order valence-corrected chi connectivity index (χ2v) is 7.28. The molecule has 0 saturated heterocycles. The molecule has 0 N–H and O–H groups in total. The Morgan fingerprint density at radius 2 is 1.77 bits per heavy atom. The second-order valence-electron chi connectivity index (χ2n) is 6.84. The molecule has 5 nitrogen and oxygen atoms in total. The Morgan fingerprint density at radius 1 is 1.15 bits per heavy atom. The number of amides is 1. The van der Waals surface area contributed by atoms with E-state index in [2.05, 4.69) is 0 Å². The van der Waals surface area contributed by atoms with Crippen molar-refractivity contribution < 1.29 is 19.1 Å². The number of ketones is 1. The number of nitrogens with zero attached hydrogens (tertiary/aromatic N) is 1. The van der Waals surface area contributed by atoms with Gasteiger partial charge in [0.2, 0.25) is 5.91 Å². The molecule has 1 fully saturated rings. The third-order valence-corrected chi connectivity index (χ3v) is 5.14. The van der Waals surface area contributed by atoms with Crippen molar-refractivity contribution in [1.82, 2.24) is 4.90 Å². The lowest BCUT2D eigenvalue weighted by Crippen LogP contribution is -2.43. The number of benzene rings is 1. The zero-order valence-corrected chi connectivity index (χ0v) is 16.1. The minimum Gasteiger partial charge on any atom is -0.469 e. The SMILES string of the molecule is COC(=O)C(C)CN(C(=O)CCC(=O)c1ccc(Cl)cc1)C1CCCC1. The second kappa shape index (κ2) is 9.72. The summed E-state index contributed by atoms with van der Waals surface area (Å²) < 4.78 is 4.78. The molecule has 0 aliphatic heterocycles. The number of hydrogen-bond acceptors (Lipinski definition) is 4. The van der Waals surface area contributed by atoms with Gasteiger partial charge in [-0.25, -0.2) is 0 Å². The number of Topliss-reactive ketones (excluding diaryl/α,β-unsaturated/α-hetero) is 1. The van der Waals surface area contributed by atoms with Gasteiger partial charge in [-0.05, 0) is 37.1 Å². The van der Waals surface area contributed by atoms with Gasteiger partial charge in [-0.15, -0.1) is 0 Å². The van der Waals surface area contributed by atoms with E-state index in [0.717, 1.165) is 25.7 Å². The zero-order valence-electron chi connectivity index (χ0n) is 15.4. The molecular formula is C20H26ClNO4. The van der Waals surface area contributed by atoms with E-state index < -0.39 is 0 Å². The Labute approximate surface area is 159 Å². The summed E-state index contributed by atoms with van der Waals surface area (Å²) in [5, 5.41) is 0.571. The van der Waals surface area contributed by atoms with Crippen LogP contribution in [-0.4, -0.2) is 42.3 Å². The Morgan fingerprint density at radius 3 is 2.35 bits per heavy atom. The molecule has 1 amide bonds. The number of halogens is 1. The van der Waals surface area contributed by atoms with E-state index in [1.54, 1.807) is 36.1 Å². The smallest absolute Gasteiger partial charge is 0.310 e. The standard InChI is InChI=1S/C20H26ClNO4/c1-14(20(25)26-2)13-22(17-5-3-4-6-17)19(24)12-11-18(23)15-7-9-16(21)10-8-15/h7-10,14,17H,3-6,11-13H2,1-2H3. The molecule has 1 aromatic carbocycles. The zero-order chi connectivity index (χ0) is 19.1. The maximum absolute atomic E-state index is 12.8. The van der Waals surface area contributed by atoms with Crippen molar-refractivity contribution in [2.24, 2.45) is 5.92 Å². The number of esters is 1. The lowest BCUT2D eigenvalue weighted by molar-refractivity contribution is -0.147. The van der Waals surface area contributed by atoms with Gasteiger partial charge in [0.05, 0.1) is 13.0 Å². The quantitative estimate of drug-likeness (QED) is 0.508. The van der Waals surface area contributed by atoms with Crippen LogP contribution in [0.4, 0.5) is 0 Å². The molecule has 0 aromatic heterocycles. The van der Waals surface area contributed by atoms with Crippen molar-refractivity contribution in [1.29, 1.82) is 0 Å². The van der Waals surface area contributed by atoms with Crippen molar-refractivity contribution >= 4 is 29.3 Å². The molecule has 1 aromatic rings. The Balaban J connectivity index is 1.97. The van der Waals surface area contributed by atoms with Crippen LogP contribution < -0.4 is 0 Å². The van der Waals surface area contributed by atoms with E-state index in [1.165, 1.54) is 7.11 Å². The molecule has 1 atom stereocenters. The highest BCUT2D eigenvalue weighted by Crippen LogP contribution is 2.25. The molecule has 1 unspecified atom stereocenters. The van der Waals surface area contributed by atoms with Crippen molar-refractivity contribution in [3.8, 4) is 0 Å². The summed E-state index contributed by atoms with van der Waals surface area (Å²) >= 11 is 5.83. The first kappa shape index (κ1) is 20.4. The van der Waals surface area contributed by atoms with E-state index in [9.17, 15) is 14.4 Å². The predicted octanol–water partition coefficient (Wildman–Crippen LogP) is 3.88. The number of methoxy groups -OCH3 is 1. The lowest BCUT2D eigenvalue weighted by Gasteiger charge is -2.31. The van der Waals surface area contributed by atoms with Crippen LogP contribution in [0.25, 0.3) is 0 Å². The van der Waals surface area contributed by atoms with E-state index in [4.69, 9.17) is 16.3 Å². The van der Waals surface area contributed by atoms with Gasteiger partial charge in [-0.3, -0.25) is 14.4 Å². The molecule has 0 heterocycles. The maximum Gasteiger partial charge on any atom is 0.310 e. The number of hydrogen-bond donors (Lipinski definition) is 0. The maximum atomic E-state index is 12.8. The third-order valence-electron chi connectivity index (χ3n) is 4.89. The van der Waals surface area contributed by atoms with Gasteiger partial charge in [0.25, 0.3) is 0 Å². The van der Waals surface area contributed by atoms with Gasteiger partial charge in [-0.2, -0.15) is 0 Å². The minimum absolute atomic E-state index is 0.0741. The average Bonchev–Trinajstić information content (AvgIpc) is 3.17. The van der Waals surface area contributed by atoms with Gasteiger partial charge in [0.1, 0.15) is 0 Å². The van der Waals surface area contributed by atoms with Crippen LogP contribution in [0.5, 0.6) is 0 Å². The first-order valence-corrected chi connectivity index (χ1v) is 9.46. The molecule has 1 aliphatic carbocycles. The third kappa shape index (κ3) is 5.56. The number of rotatable bonds is 8. The van der Waals surface area contributed by atoms with Gasteiger partial charge in [0.15, 0.2) is 5.78 Å². The summed E-state index contributed by atoms with van der Waals surface area (Å²) in [6.07, 6.45) is 4.37. The molecule has 1 aliphatic rings. The van der Waals surface area contributed by atoms with E-state index in [-0.39, 0.29) is 42.5 Å². The minimum atomic E-state index is -0.378. The van der Waals surface area contributed by atoms with Gasteiger partial charge >= 0.3 is 5.97 Å². The van der Waals surface area contributed by atoms with Crippen molar-refractivity contribution in [3.05, 3.63) is 34.9 Å². The fourth-order valence-corrected chi connectivity index (χ4v) is 3.51. The van der Waals surface area contributed by atoms with Crippen LogP contribution in [0.1, 0.15) is 55.8 Å². The fraction of sp³-hybridized carbons (Fsp3) is 0.550. The van der Waals surface area contributed by atoms with E-state index in [1.807, 2.05) is 0 Å². The Bertz CT molecular complexity index is 638. The molecule has 0 bridgehead atoms. The lowest BCUT2D eigenvalue weighted by atomic mass is 10.0. The van der Waals surface area contributed by atoms with Crippen LogP contribution >= 0.6 is 11.6 Å². The van der Waals surface area contributed by atoms with E-state index in [0.29, 0.717) is 17.1 Å². The van der Waals surface area contributed by atoms with Crippen molar-refractivity contribution in [3.63, 3.8) is 0 Å². The molecular weight excluding hydrogens is 354 g/mol. The van der Waals surface area contributed by atoms with Crippen LogP contribution in [0.15, 0.2) is 24.3 Å². The van der Waals surface area contributed by atoms with Crippen LogP contribution in [0, 0.1) is 5.92 Å². The normalized spacial score (nSPS) is 15.5. The predicted molar refractivity (Wildman–Crippen MR) is 100 cm³/mol. The average molecular weight is 380 g/mol. The summed E-state index contributed by atoms with van der Waals surface area (Å²) in [5.74, 6) is -0.855. The molecule has 0 radical (unpaired) electrons. The van der Waals surface area contributed by atoms with Crippen molar-refractivity contribution in [2.75, 3.05) is 13.7 Å². The summed E-state index contributed by atoms with van der Waals surface area (Å²) in [7, 11) is 1.35. The fourth-order valence-electron chi connectivity index (χ4n) is 3.39. The molecule has 2 rings (SSSR count). The summed E-state index contributed by atoms with van der Waals surface area (Å²) in [6, 6.07) is 6.83. The monoisotopic (exact) mass is 379 g/mol. The van der Waals surface area contributed by atoms with Gasteiger partial charge < -0.3 is 9.64 Å². The first-order valence-electron chi connectivity index (χ1n) is 9.08. The molecule has 6 heteroatoms. The largest absolute Gasteiger partial charge is 0.469 e. The van der Waals surface area contributed by atoms with Crippen molar-refractivity contribution in [2.45, 2.75) is 51.5 Å². The van der Waals surface area contributed by atoms with Crippen LogP contribution in [0.3, 0.4) is 0 Å². The number of ether oxygens (including phenoxy) is 1. The highest BCUT2D eigenvalue weighted by atomic mass is 35.5. The van der Waals surface area contributed by atoms with Gasteiger partial charge in [-0.1, -0.05) is 31.4 Å². The van der Waals surface area contributed by atoms with E-state index >= 15 is 0 Å². The topological polar surface area (TPSA) is 63.7 Å². The van der Waals surface area contributed by atoms with Crippen LogP contribution in [0.2, 0.25) is 5.02 Å². The summed E-state index contributed by atoms with van der Waals surface area (Å²) in [6.45, 7) is 2.10. The molecule has 1 saturated carbocycles. The Hall–Kier alpha value is -1.88. The Kier molecular flexibility index (Phi) is 7.64. The first-order chi connectivity index (χ1) is 12.4. The highest BCUT2D eigenvalue weighted by molar-refractivity contribution is 6.30. The summed E-state index contributed by atoms with van der Waals surface area (Å²) in [5.41, 5.74) is 0.553. The molecule has 142 valence electrons. The highest BCUT2D eigenvalue weighted by Gasteiger charge is 2.29. The summed E-state index contributed by atoms with van der Waals surface area (Å²) in [4.78, 5) is 38.6. The molecule has 26 heavy (non-hydrogen) atoms. The molecule has 0 spiro atoms. The number of carbonyl (C=O) groups is 3. The van der Waals surface area contributed by atoms with Crippen LogP contribution in [-0.2, 0) is 14.3 Å². The number of carbonyl (C=O) groups excluding carboxylic acids is 3.